The van der Waals surface area contributed by atoms with Crippen LogP contribution in [0.3, 0.4) is 0 Å². The van der Waals surface area contributed by atoms with Crippen LogP contribution in [-0.2, 0) is 7.05 Å². The van der Waals surface area contributed by atoms with Gasteiger partial charge in [-0.2, -0.15) is 5.10 Å². The molecule has 1 aliphatic rings. The quantitative estimate of drug-likeness (QED) is 0.765. The van der Waals surface area contributed by atoms with Gasteiger partial charge in [-0.15, -0.1) is 0 Å². The van der Waals surface area contributed by atoms with E-state index in [0.29, 0.717) is 18.4 Å². The molecule has 0 spiro atoms. The smallest absolute Gasteiger partial charge is 0.252 e. The number of aliphatic hydroxyl groups excluding tert-OH is 1. The lowest BCUT2D eigenvalue weighted by atomic mass is 9.75. The number of aliphatic hydroxyl groups is 1. The van der Waals surface area contributed by atoms with Gasteiger partial charge in [0.05, 0.1) is 23.9 Å². The first-order valence-corrected chi connectivity index (χ1v) is 8.43. The molecule has 0 bridgehead atoms. The standard InChI is InChI=1S/C19H20N4O2/c1-23-11-13(10-21-23)18(12-8-14(24)9-12)22-19(25)16-4-2-6-17-15(16)5-3-7-20-17/h2-7,10-12,14,18,24H,8-9H2,1H3,(H,22,25)/t12?,14?,18-/m1/s1. The Labute approximate surface area is 145 Å². The van der Waals surface area contributed by atoms with E-state index >= 15 is 0 Å². The fraction of sp³-hybridized carbons (Fsp3) is 0.316. The summed E-state index contributed by atoms with van der Waals surface area (Å²) in [5, 5.41) is 17.9. The van der Waals surface area contributed by atoms with Crippen molar-refractivity contribution in [3.05, 3.63) is 60.0 Å². The molecule has 25 heavy (non-hydrogen) atoms. The van der Waals surface area contributed by atoms with Crippen molar-refractivity contribution in [1.82, 2.24) is 20.1 Å². The topological polar surface area (TPSA) is 80.0 Å². The second kappa shape index (κ2) is 6.29. The molecule has 3 aromatic rings. The van der Waals surface area contributed by atoms with Crippen molar-refractivity contribution >= 4 is 16.8 Å². The molecule has 2 heterocycles. The maximum atomic E-state index is 12.9. The molecule has 2 aromatic heterocycles. The molecule has 0 aliphatic heterocycles. The summed E-state index contributed by atoms with van der Waals surface area (Å²) in [5.41, 5.74) is 2.37. The van der Waals surface area contributed by atoms with Crippen molar-refractivity contribution < 1.29 is 9.90 Å². The first-order chi connectivity index (χ1) is 12.1. The molecule has 0 radical (unpaired) electrons. The molecule has 6 heteroatoms. The second-order valence-electron chi connectivity index (χ2n) is 6.66. The predicted molar refractivity (Wildman–Crippen MR) is 93.9 cm³/mol. The Bertz CT molecular complexity index is 909. The molecule has 1 saturated carbocycles. The zero-order chi connectivity index (χ0) is 17.4. The maximum absolute atomic E-state index is 12.9. The van der Waals surface area contributed by atoms with Gasteiger partial charge in [0, 0.05) is 36.0 Å². The number of aryl methyl sites for hydroxylation is 1. The average Bonchev–Trinajstić information content (AvgIpc) is 3.02. The van der Waals surface area contributed by atoms with E-state index in [1.54, 1.807) is 17.1 Å². The summed E-state index contributed by atoms with van der Waals surface area (Å²) in [6.45, 7) is 0. The minimum atomic E-state index is -0.275. The van der Waals surface area contributed by atoms with Gasteiger partial charge in [-0.1, -0.05) is 12.1 Å². The van der Waals surface area contributed by atoms with E-state index in [0.717, 1.165) is 16.5 Å². The molecule has 1 atom stereocenters. The van der Waals surface area contributed by atoms with Gasteiger partial charge in [0.2, 0.25) is 0 Å². The molecular weight excluding hydrogens is 316 g/mol. The van der Waals surface area contributed by atoms with Crippen molar-refractivity contribution in [3.63, 3.8) is 0 Å². The van der Waals surface area contributed by atoms with Crippen LogP contribution in [0.1, 0.15) is 34.8 Å². The van der Waals surface area contributed by atoms with Crippen LogP contribution in [0.2, 0.25) is 0 Å². The molecule has 2 N–H and O–H groups in total. The minimum Gasteiger partial charge on any atom is -0.393 e. The van der Waals surface area contributed by atoms with Gasteiger partial charge in [-0.05, 0) is 37.0 Å². The Kier molecular flexibility index (Phi) is 3.97. The number of rotatable bonds is 4. The zero-order valence-corrected chi connectivity index (χ0v) is 14.0. The van der Waals surface area contributed by atoms with Crippen LogP contribution in [0.15, 0.2) is 48.9 Å². The van der Waals surface area contributed by atoms with Crippen molar-refractivity contribution in [3.8, 4) is 0 Å². The SMILES string of the molecule is Cn1cc([C@H](NC(=O)c2cccc3ncccc23)C2CC(O)C2)cn1. The predicted octanol–water partition coefficient (Wildman–Crippen LogP) is 2.21. The number of aromatic nitrogens is 3. The van der Waals surface area contributed by atoms with E-state index < -0.39 is 0 Å². The van der Waals surface area contributed by atoms with Crippen LogP contribution in [0.25, 0.3) is 10.9 Å². The van der Waals surface area contributed by atoms with E-state index in [9.17, 15) is 9.90 Å². The van der Waals surface area contributed by atoms with Crippen LogP contribution in [0, 0.1) is 5.92 Å². The summed E-state index contributed by atoms with van der Waals surface area (Å²) in [6, 6.07) is 9.14. The van der Waals surface area contributed by atoms with Gasteiger partial charge < -0.3 is 10.4 Å². The van der Waals surface area contributed by atoms with Crippen molar-refractivity contribution in [2.24, 2.45) is 13.0 Å². The Morgan fingerprint density at radius 2 is 2.16 bits per heavy atom. The molecule has 1 amide bonds. The lowest BCUT2D eigenvalue weighted by Crippen LogP contribution is -2.41. The fourth-order valence-corrected chi connectivity index (χ4v) is 3.50. The van der Waals surface area contributed by atoms with Crippen molar-refractivity contribution in [2.45, 2.75) is 25.0 Å². The zero-order valence-electron chi connectivity index (χ0n) is 14.0. The lowest BCUT2D eigenvalue weighted by molar-refractivity contribution is 0.0235. The summed E-state index contributed by atoms with van der Waals surface area (Å²) in [4.78, 5) is 17.3. The van der Waals surface area contributed by atoms with E-state index in [4.69, 9.17) is 0 Å². The molecule has 1 fully saturated rings. The van der Waals surface area contributed by atoms with Crippen LogP contribution in [0.5, 0.6) is 0 Å². The van der Waals surface area contributed by atoms with Crippen LogP contribution >= 0.6 is 0 Å². The van der Waals surface area contributed by atoms with E-state index in [1.807, 2.05) is 43.6 Å². The van der Waals surface area contributed by atoms with Crippen LogP contribution < -0.4 is 5.32 Å². The number of amides is 1. The molecule has 4 rings (SSSR count). The van der Waals surface area contributed by atoms with E-state index in [1.165, 1.54) is 0 Å². The number of nitrogens with one attached hydrogen (secondary N) is 1. The molecule has 1 aliphatic carbocycles. The molecule has 0 unspecified atom stereocenters. The third kappa shape index (κ3) is 3.00. The number of hydrogen-bond donors (Lipinski definition) is 2. The highest BCUT2D eigenvalue weighted by Gasteiger charge is 2.36. The number of fused-ring (bicyclic) bond motifs is 1. The molecule has 1 aromatic carbocycles. The number of pyridine rings is 1. The first kappa shape index (κ1) is 15.8. The minimum absolute atomic E-state index is 0.131. The average molecular weight is 336 g/mol. The number of carbonyl (C=O) groups is 1. The molecular formula is C19H20N4O2. The number of benzene rings is 1. The molecule has 128 valence electrons. The third-order valence-corrected chi connectivity index (χ3v) is 4.88. The summed E-state index contributed by atoms with van der Waals surface area (Å²) in [5.74, 6) is 0.0881. The summed E-state index contributed by atoms with van der Waals surface area (Å²) in [6.07, 6.45) is 6.52. The van der Waals surface area contributed by atoms with Gasteiger partial charge in [-0.3, -0.25) is 14.5 Å². The van der Waals surface area contributed by atoms with Gasteiger partial charge >= 0.3 is 0 Å². The third-order valence-electron chi connectivity index (χ3n) is 4.88. The van der Waals surface area contributed by atoms with Crippen molar-refractivity contribution in [1.29, 1.82) is 0 Å². The molecule has 0 saturated heterocycles. The van der Waals surface area contributed by atoms with Gasteiger partial charge in [-0.25, -0.2) is 0 Å². The lowest BCUT2D eigenvalue weighted by Gasteiger charge is -2.37. The second-order valence-corrected chi connectivity index (χ2v) is 6.66. The monoisotopic (exact) mass is 336 g/mol. The van der Waals surface area contributed by atoms with Gasteiger partial charge in [0.25, 0.3) is 5.91 Å². The highest BCUT2D eigenvalue weighted by atomic mass is 16.3. The maximum Gasteiger partial charge on any atom is 0.252 e. The Morgan fingerprint density at radius 1 is 1.32 bits per heavy atom. The highest BCUT2D eigenvalue weighted by molar-refractivity contribution is 6.06. The number of hydrogen-bond acceptors (Lipinski definition) is 4. The Hall–Kier alpha value is -2.73. The van der Waals surface area contributed by atoms with Crippen LogP contribution in [0.4, 0.5) is 0 Å². The Balaban J connectivity index is 1.64. The van der Waals surface area contributed by atoms with Crippen molar-refractivity contribution in [2.75, 3.05) is 0 Å². The van der Waals surface area contributed by atoms with E-state index in [-0.39, 0.29) is 24.0 Å². The first-order valence-electron chi connectivity index (χ1n) is 8.43. The van der Waals surface area contributed by atoms with Gasteiger partial charge in [0.1, 0.15) is 0 Å². The summed E-state index contributed by atoms with van der Waals surface area (Å²) < 4.78 is 1.73. The highest BCUT2D eigenvalue weighted by Crippen LogP contribution is 2.38. The van der Waals surface area contributed by atoms with Gasteiger partial charge in [0.15, 0.2) is 0 Å². The summed E-state index contributed by atoms with van der Waals surface area (Å²) >= 11 is 0. The number of carbonyl (C=O) groups excluding carboxylic acids is 1. The molecule has 6 nitrogen and oxygen atoms in total. The number of nitrogens with zero attached hydrogens (tertiary/aromatic N) is 3. The largest absolute Gasteiger partial charge is 0.393 e. The summed E-state index contributed by atoms with van der Waals surface area (Å²) in [7, 11) is 1.86. The Morgan fingerprint density at radius 3 is 2.88 bits per heavy atom. The van der Waals surface area contributed by atoms with E-state index in [2.05, 4.69) is 15.4 Å². The fourth-order valence-electron chi connectivity index (χ4n) is 3.50. The normalized spacial score (nSPS) is 20.9. The van der Waals surface area contributed by atoms with Crippen LogP contribution in [-0.4, -0.2) is 31.9 Å².